The van der Waals surface area contributed by atoms with E-state index < -0.39 is 5.97 Å². The normalized spacial score (nSPS) is 10.1. The first-order valence-corrected chi connectivity index (χ1v) is 6.68. The van der Waals surface area contributed by atoms with Crippen LogP contribution in [-0.2, 0) is 4.79 Å². The third-order valence-electron chi connectivity index (χ3n) is 2.59. The summed E-state index contributed by atoms with van der Waals surface area (Å²) in [6.07, 6.45) is -0.0774. The maximum Gasteiger partial charge on any atom is 0.305 e. The average Bonchev–Trinajstić information content (AvgIpc) is 2.93. The van der Waals surface area contributed by atoms with Crippen molar-refractivity contribution in [1.82, 2.24) is 0 Å². The molecule has 0 radical (unpaired) electrons. The SMILES string of the molecule is O=C(O)CCN(C(=O)c1cccs1)c1ccccc1. The van der Waals surface area contributed by atoms with Crippen LogP contribution in [0.3, 0.4) is 0 Å². The molecule has 1 aromatic heterocycles. The molecule has 1 heterocycles. The summed E-state index contributed by atoms with van der Waals surface area (Å²) in [6.45, 7) is 0.163. The van der Waals surface area contributed by atoms with Gasteiger partial charge in [-0.2, -0.15) is 0 Å². The second-order valence-corrected chi connectivity index (χ2v) is 4.86. The summed E-state index contributed by atoms with van der Waals surface area (Å²) in [5, 5.41) is 10.6. The van der Waals surface area contributed by atoms with Crippen LogP contribution in [0.15, 0.2) is 47.8 Å². The van der Waals surface area contributed by atoms with E-state index in [4.69, 9.17) is 5.11 Å². The average molecular weight is 275 g/mol. The minimum atomic E-state index is -0.917. The number of carbonyl (C=O) groups excluding carboxylic acids is 1. The molecule has 0 atom stereocenters. The van der Waals surface area contributed by atoms with Crippen LogP contribution in [0.25, 0.3) is 0 Å². The molecule has 0 aliphatic carbocycles. The smallest absolute Gasteiger partial charge is 0.305 e. The molecular formula is C14H13NO3S. The van der Waals surface area contributed by atoms with Gasteiger partial charge < -0.3 is 10.0 Å². The number of nitrogens with zero attached hydrogens (tertiary/aromatic N) is 1. The van der Waals surface area contributed by atoms with Crippen molar-refractivity contribution in [2.24, 2.45) is 0 Å². The molecule has 0 unspecified atom stereocenters. The maximum absolute atomic E-state index is 12.4. The zero-order valence-electron chi connectivity index (χ0n) is 10.2. The van der Waals surface area contributed by atoms with Gasteiger partial charge in [0, 0.05) is 12.2 Å². The van der Waals surface area contributed by atoms with Crippen molar-refractivity contribution in [2.75, 3.05) is 11.4 Å². The first kappa shape index (κ1) is 13.3. The number of amides is 1. The molecule has 0 spiro atoms. The fourth-order valence-corrected chi connectivity index (χ4v) is 2.37. The number of carboxylic acid groups (broad SMARTS) is 1. The summed E-state index contributed by atoms with van der Waals surface area (Å²) in [7, 11) is 0. The van der Waals surface area contributed by atoms with Crippen LogP contribution in [0, 0.1) is 0 Å². The molecule has 1 N–H and O–H groups in total. The second-order valence-electron chi connectivity index (χ2n) is 3.91. The van der Waals surface area contributed by atoms with Crippen LogP contribution in [-0.4, -0.2) is 23.5 Å². The summed E-state index contributed by atoms with van der Waals surface area (Å²) in [6, 6.07) is 12.6. The Bertz CT molecular complexity index is 551. The van der Waals surface area contributed by atoms with E-state index in [0.717, 1.165) is 0 Å². The Kier molecular flexibility index (Phi) is 4.30. The van der Waals surface area contributed by atoms with E-state index in [-0.39, 0.29) is 18.9 Å². The van der Waals surface area contributed by atoms with Crippen LogP contribution in [0.2, 0.25) is 0 Å². The van der Waals surface area contributed by atoms with Crippen molar-refractivity contribution in [1.29, 1.82) is 0 Å². The van der Waals surface area contributed by atoms with E-state index in [2.05, 4.69) is 0 Å². The largest absolute Gasteiger partial charge is 0.481 e. The molecule has 5 heteroatoms. The molecular weight excluding hydrogens is 262 g/mol. The van der Waals surface area contributed by atoms with Gasteiger partial charge in [0.25, 0.3) is 5.91 Å². The van der Waals surface area contributed by atoms with E-state index in [1.165, 1.54) is 16.2 Å². The van der Waals surface area contributed by atoms with Crippen LogP contribution < -0.4 is 4.90 Å². The highest BCUT2D eigenvalue weighted by Gasteiger charge is 2.19. The van der Waals surface area contributed by atoms with Crippen molar-refractivity contribution >= 4 is 28.9 Å². The topological polar surface area (TPSA) is 57.6 Å². The van der Waals surface area contributed by atoms with Crippen molar-refractivity contribution < 1.29 is 14.7 Å². The maximum atomic E-state index is 12.4. The Morgan fingerprint density at radius 1 is 1.11 bits per heavy atom. The Labute approximate surface area is 114 Å². The molecule has 1 aromatic carbocycles. The summed E-state index contributed by atoms with van der Waals surface area (Å²) in [5.41, 5.74) is 0.710. The number of carbonyl (C=O) groups is 2. The minimum Gasteiger partial charge on any atom is -0.481 e. The second kappa shape index (κ2) is 6.15. The zero-order chi connectivity index (χ0) is 13.7. The number of aliphatic carboxylic acids is 1. The third-order valence-corrected chi connectivity index (χ3v) is 3.45. The highest BCUT2D eigenvalue weighted by molar-refractivity contribution is 7.12. The molecule has 0 aliphatic heterocycles. The first-order valence-electron chi connectivity index (χ1n) is 5.80. The summed E-state index contributed by atoms with van der Waals surface area (Å²) in [4.78, 5) is 25.2. The predicted octanol–water partition coefficient (Wildman–Crippen LogP) is 2.87. The van der Waals surface area contributed by atoms with Gasteiger partial charge in [0.05, 0.1) is 11.3 Å². The van der Waals surface area contributed by atoms with Crippen LogP contribution in [0.5, 0.6) is 0 Å². The number of rotatable bonds is 5. The number of para-hydroxylation sites is 1. The lowest BCUT2D eigenvalue weighted by molar-refractivity contribution is -0.136. The highest BCUT2D eigenvalue weighted by Crippen LogP contribution is 2.19. The number of anilines is 1. The van der Waals surface area contributed by atoms with Gasteiger partial charge in [-0.25, -0.2) is 0 Å². The Balaban J connectivity index is 2.24. The van der Waals surface area contributed by atoms with Crippen molar-refractivity contribution in [3.63, 3.8) is 0 Å². The van der Waals surface area contributed by atoms with Gasteiger partial charge in [0.2, 0.25) is 0 Å². The lowest BCUT2D eigenvalue weighted by Crippen LogP contribution is -2.32. The molecule has 19 heavy (non-hydrogen) atoms. The third kappa shape index (κ3) is 3.42. The molecule has 1 amide bonds. The van der Waals surface area contributed by atoms with Gasteiger partial charge in [-0.1, -0.05) is 24.3 Å². The monoisotopic (exact) mass is 275 g/mol. The highest BCUT2D eigenvalue weighted by atomic mass is 32.1. The molecule has 0 saturated carbocycles. The molecule has 2 aromatic rings. The van der Waals surface area contributed by atoms with Gasteiger partial charge in [0.1, 0.15) is 0 Å². The lowest BCUT2D eigenvalue weighted by Gasteiger charge is -2.21. The fraction of sp³-hybridized carbons (Fsp3) is 0.143. The Morgan fingerprint density at radius 2 is 1.84 bits per heavy atom. The van der Waals surface area contributed by atoms with E-state index >= 15 is 0 Å². The number of carboxylic acids is 1. The molecule has 0 bridgehead atoms. The Hall–Kier alpha value is -2.14. The quantitative estimate of drug-likeness (QED) is 0.912. The number of hydrogen-bond acceptors (Lipinski definition) is 3. The summed E-state index contributed by atoms with van der Waals surface area (Å²) >= 11 is 1.35. The van der Waals surface area contributed by atoms with E-state index in [0.29, 0.717) is 10.6 Å². The number of benzene rings is 1. The Morgan fingerprint density at radius 3 is 2.42 bits per heavy atom. The van der Waals surface area contributed by atoms with E-state index in [9.17, 15) is 9.59 Å². The number of thiophene rings is 1. The number of hydrogen-bond donors (Lipinski definition) is 1. The zero-order valence-corrected chi connectivity index (χ0v) is 11.0. The van der Waals surface area contributed by atoms with Gasteiger partial charge >= 0.3 is 5.97 Å². The van der Waals surface area contributed by atoms with Crippen molar-refractivity contribution in [3.05, 3.63) is 52.7 Å². The van der Waals surface area contributed by atoms with E-state index in [1.54, 1.807) is 24.3 Å². The van der Waals surface area contributed by atoms with Crippen LogP contribution in [0.1, 0.15) is 16.1 Å². The van der Waals surface area contributed by atoms with Gasteiger partial charge in [-0.3, -0.25) is 9.59 Å². The standard InChI is InChI=1S/C14H13NO3S/c16-13(17)8-9-15(11-5-2-1-3-6-11)14(18)12-7-4-10-19-12/h1-7,10H,8-9H2,(H,16,17). The van der Waals surface area contributed by atoms with Gasteiger partial charge in [-0.05, 0) is 23.6 Å². The van der Waals surface area contributed by atoms with Crippen LogP contribution >= 0.6 is 11.3 Å². The van der Waals surface area contributed by atoms with Crippen LogP contribution in [0.4, 0.5) is 5.69 Å². The summed E-state index contributed by atoms with van der Waals surface area (Å²) in [5.74, 6) is -1.08. The van der Waals surface area contributed by atoms with Crippen molar-refractivity contribution in [2.45, 2.75) is 6.42 Å². The molecule has 2 rings (SSSR count). The van der Waals surface area contributed by atoms with Gasteiger partial charge in [0.15, 0.2) is 0 Å². The fourth-order valence-electron chi connectivity index (χ4n) is 1.70. The molecule has 4 nitrogen and oxygen atoms in total. The van der Waals surface area contributed by atoms with E-state index in [1.807, 2.05) is 23.6 Å². The minimum absolute atomic E-state index is 0.0774. The molecule has 0 saturated heterocycles. The predicted molar refractivity (Wildman–Crippen MR) is 74.7 cm³/mol. The first-order chi connectivity index (χ1) is 9.18. The molecule has 98 valence electrons. The summed E-state index contributed by atoms with van der Waals surface area (Å²) < 4.78 is 0. The molecule has 0 fully saturated rings. The van der Waals surface area contributed by atoms with Crippen molar-refractivity contribution in [3.8, 4) is 0 Å². The lowest BCUT2D eigenvalue weighted by atomic mass is 10.2. The molecule has 0 aliphatic rings. The van der Waals surface area contributed by atoms with Gasteiger partial charge in [-0.15, -0.1) is 11.3 Å².